The molecule has 2 aromatic heterocycles. The van der Waals surface area contributed by atoms with E-state index in [1.54, 1.807) is 10.9 Å². The van der Waals surface area contributed by atoms with Crippen molar-refractivity contribution in [3.05, 3.63) is 72.2 Å². The van der Waals surface area contributed by atoms with Gasteiger partial charge in [0.2, 0.25) is 0 Å². The first-order chi connectivity index (χ1) is 12.2. The Morgan fingerprint density at radius 3 is 2.64 bits per heavy atom. The minimum absolute atomic E-state index is 0.272. The van der Waals surface area contributed by atoms with Gasteiger partial charge in [0.05, 0.1) is 16.9 Å². The van der Waals surface area contributed by atoms with Gasteiger partial charge in [0.1, 0.15) is 6.07 Å². The van der Waals surface area contributed by atoms with Crippen molar-refractivity contribution < 1.29 is 0 Å². The largest absolute Gasteiger partial charge is 0.353 e. The fourth-order valence-corrected chi connectivity index (χ4v) is 2.69. The summed E-state index contributed by atoms with van der Waals surface area (Å²) in [5.74, 6) is 0. The van der Waals surface area contributed by atoms with Gasteiger partial charge < -0.3 is 5.32 Å². The first-order valence-electron chi connectivity index (χ1n) is 7.79. The zero-order valence-corrected chi connectivity index (χ0v) is 13.5. The van der Waals surface area contributed by atoms with Crippen molar-refractivity contribution in [2.24, 2.45) is 0 Å². The predicted molar refractivity (Wildman–Crippen MR) is 95.8 cm³/mol. The number of rotatable bonds is 3. The smallest absolute Gasteiger partial charge is 0.187 e. The molecule has 0 bridgehead atoms. The number of hydrogen-bond acceptors (Lipinski definition) is 5. The standard InChI is InChI=1S/C19H14N6/c1-13-3-8-17-16(11-13)19(18(12-20)24-23-17)22-14-4-6-15(7-5-14)25-10-2-9-21-25/h2-11H,1H3,(H,22,23). The molecule has 0 amide bonds. The summed E-state index contributed by atoms with van der Waals surface area (Å²) in [6.45, 7) is 2.01. The summed E-state index contributed by atoms with van der Waals surface area (Å²) in [7, 11) is 0. The molecule has 25 heavy (non-hydrogen) atoms. The number of nitrogens with one attached hydrogen (secondary N) is 1. The van der Waals surface area contributed by atoms with Crippen molar-refractivity contribution in [2.75, 3.05) is 5.32 Å². The third-order valence-corrected chi connectivity index (χ3v) is 3.93. The van der Waals surface area contributed by atoms with Gasteiger partial charge in [-0.15, -0.1) is 10.2 Å². The highest BCUT2D eigenvalue weighted by Crippen LogP contribution is 2.28. The van der Waals surface area contributed by atoms with Gasteiger partial charge in [0.15, 0.2) is 5.69 Å². The summed E-state index contributed by atoms with van der Waals surface area (Å²) in [6, 6.07) is 17.7. The normalized spacial score (nSPS) is 10.6. The van der Waals surface area contributed by atoms with E-state index in [1.807, 2.05) is 61.7 Å². The maximum absolute atomic E-state index is 9.39. The molecule has 0 aliphatic carbocycles. The highest BCUT2D eigenvalue weighted by atomic mass is 15.3. The van der Waals surface area contributed by atoms with Crippen molar-refractivity contribution in [1.82, 2.24) is 20.0 Å². The number of hydrogen-bond donors (Lipinski definition) is 1. The van der Waals surface area contributed by atoms with Crippen molar-refractivity contribution in [3.8, 4) is 11.8 Å². The van der Waals surface area contributed by atoms with Crippen LogP contribution in [0.15, 0.2) is 60.9 Å². The molecule has 1 N–H and O–H groups in total. The number of benzene rings is 2. The topological polar surface area (TPSA) is 79.4 Å². The van der Waals surface area contributed by atoms with Crippen molar-refractivity contribution in [2.45, 2.75) is 6.92 Å². The summed E-state index contributed by atoms with van der Waals surface area (Å²) < 4.78 is 1.79. The predicted octanol–water partition coefficient (Wildman–Crippen LogP) is 3.74. The fourth-order valence-electron chi connectivity index (χ4n) is 2.69. The Morgan fingerprint density at radius 2 is 1.92 bits per heavy atom. The van der Waals surface area contributed by atoms with Gasteiger partial charge in [-0.3, -0.25) is 0 Å². The molecule has 2 heterocycles. The molecule has 6 heteroatoms. The van der Waals surface area contributed by atoms with Gasteiger partial charge in [-0.05, 0) is 49.4 Å². The van der Waals surface area contributed by atoms with Crippen molar-refractivity contribution in [1.29, 1.82) is 5.26 Å². The lowest BCUT2D eigenvalue weighted by Gasteiger charge is -2.11. The zero-order valence-electron chi connectivity index (χ0n) is 13.5. The van der Waals surface area contributed by atoms with Crippen molar-refractivity contribution in [3.63, 3.8) is 0 Å². The molecule has 0 unspecified atom stereocenters. The molecule has 120 valence electrons. The second kappa shape index (κ2) is 6.06. The molecule has 2 aromatic carbocycles. The number of fused-ring (bicyclic) bond motifs is 1. The molecule has 0 aliphatic heterocycles. The third kappa shape index (κ3) is 2.79. The van der Waals surface area contributed by atoms with Gasteiger partial charge in [-0.1, -0.05) is 11.6 Å². The summed E-state index contributed by atoms with van der Waals surface area (Å²) in [5.41, 5.74) is 4.62. The van der Waals surface area contributed by atoms with Crippen LogP contribution in [0, 0.1) is 18.3 Å². The van der Waals surface area contributed by atoms with Crippen LogP contribution in [0.25, 0.3) is 16.6 Å². The van der Waals surface area contributed by atoms with Gasteiger partial charge >= 0.3 is 0 Å². The first-order valence-corrected chi connectivity index (χ1v) is 7.79. The summed E-state index contributed by atoms with van der Waals surface area (Å²) in [4.78, 5) is 0. The molecule has 0 aliphatic rings. The molecule has 6 nitrogen and oxygen atoms in total. The van der Waals surface area contributed by atoms with Crippen LogP contribution in [-0.4, -0.2) is 20.0 Å². The van der Waals surface area contributed by atoms with Crippen LogP contribution in [-0.2, 0) is 0 Å². The Labute approximate surface area is 144 Å². The SMILES string of the molecule is Cc1ccc2nnc(C#N)c(Nc3ccc(-n4cccn4)cc3)c2c1. The van der Waals surface area contributed by atoms with Gasteiger partial charge in [-0.25, -0.2) is 4.68 Å². The number of anilines is 2. The average molecular weight is 326 g/mol. The molecule has 4 aromatic rings. The number of nitriles is 1. The molecule has 0 atom stereocenters. The molecule has 0 radical (unpaired) electrons. The lowest BCUT2D eigenvalue weighted by Crippen LogP contribution is -2.00. The Hall–Kier alpha value is -3.72. The quantitative estimate of drug-likeness (QED) is 0.620. The van der Waals surface area contributed by atoms with Crippen molar-refractivity contribution >= 4 is 22.3 Å². The monoisotopic (exact) mass is 326 g/mol. The first kappa shape index (κ1) is 14.8. The van der Waals surface area contributed by atoms with E-state index in [2.05, 4.69) is 26.7 Å². The van der Waals surface area contributed by atoms with Gasteiger partial charge in [-0.2, -0.15) is 10.4 Å². The van der Waals surface area contributed by atoms with Crippen LogP contribution in [0.2, 0.25) is 0 Å². The minimum Gasteiger partial charge on any atom is -0.353 e. The Kier molecular flexibility index (Phi) is 3.60. The molecular weight excluding hydrogens is 312 g/mol. The van der Waals surface area contributed by atoms with Crippen LogP contribution < -0.4 is 5.32 Å². The highest BCUT2D eigenvalue weighted by molar-refractivity contribution is 5.95. The van der Waals surface area contributed by atoms with Crippen LogP contribution in [0.3, 0.4) is 0 Å². The molecule has 4 rings (SSSR count). The highest BCUT2D eigenvalue weighted by Gasteiger charge is 2.11. The molecule has 0 spiro atoms. The van der Waals surface area contributed by atoms with Gasteiger partial charge in [0, 0.05) is 23.5 Å². The molecular formula is C19H14N6. The number of aromatic nitrogens is 4. The maximum Gasteiger partial charge on any atom is 0.187 e. The molecule has 0 saturated carbocycles. The summed E-state index contributed by atoms with van der Waals surface area (Å²) in [5, 5.41) is 25.9. The van der Waals surface area contributed by atoms with Crippen LogP contribution in [0.5, 0.6) is 0 Å². The van der Waals surface area contributed by atoms with Crippen LogP contribution >= 0.6 is 0 Å². The van der Waals surface area contributed by atoms with E-state index in [0.717, 1.165) is 27.8 Å². The lowest BCUT2D eigenvalue weighted by molar-refractivity contribution is 0.881. The minimum atomic E-state index is 0.272. The Bertz CT molecular complexity index is 1080. The van der Waals surface area contributed by atoms with E-state index < -0.39 is 0 Å². The van der Waals surface area contributed by atoms with E-state index >= 15 is 0 Å². The van der Waals surface area contributed by atoms with Crippen LogP contribution in [0.1, 0.15) is 11.3 Å². The summed E-state index contributed by atoms with van der Waals surface area (Å²) >= 11 is 0. The second-order valence-electron chi connectivity index (χ2n) is 5.68. The Morgan fingerprint density at radius 1 is 1.08 bits per heavy atom. The number of aryl methyl sites for hydroxylation is 1. The van der Waals surface area contributed by atoms with E-state index in [0.29, 0.717) is 5.69 Å². The second-order valence-corrected chi connectivity index (χ2v) is 5.68. The van der Waals surface area contributed by atoms with E-state index in [-0.39, 0.29) is 5.69 Å². The average Bonchev–Trinajstić information content (AvgIpc) is 3.17. The van der Waals surface area contributed by atoms with E-state index in [4.69, 9.17) is 0 Å². The van der Waals surface area contributed by atoms with E-state index in [9.17, 15) is 5.26 Å². The lowest BCUT2D eigenvalue weighted by atomic mass is 10.1. The Balaban J connectivity index is 1.75. The molecule has 0 saturated heterocycles. The third-order valence-electron chi connectivity index (χ3n) is 3.93. The van der Waals surface area contributed by atoms with Gasteiger partial charge in [0.25, 0.3) is 0 Å². The maximum atomic E-state index is 9.39. The summed E-state index contributed by atoms with van der Waals surface area (Å²) in [6.07, 6.45) is 3.63. The zero-order chi connectivity index (χ0) is 17.2. The fraction of sp³-hybridized carbons (Fsp3) is 0.0526. The molecule has 0 fully saturated rings. The van der Waals surface area contributed by atoms with Crippen LogP contribution in [0.4, 0.5) is 11.4 Å². The number of nitrogens with zero attached hydrogens (tertiary/aromatic N) is 5. The van der Waals surface area contributed by atoms with E-state index in [1.165, 1.54) is 0 Å².